The molecule has 1 heterocycles. The summed E-state index contributed by atoms with van der Waals surface area (Å²) in [5.74, 6) is -1.04. The number of carbonyl (C=O) groups is 1. The van der Waals surface area contributed by atoms with Gasteiger partial charge in [0.25, 0.3) is 0 Å². The Bertz CT molecular complexity index is 637. The first-order chi connectivity index (χ1) is 8.63. The summed E-state index contributed by atoms with van der Waals surface area (Å²) in [5, 5.41) is 12.0. The molecular weight excluding hydrogens is 268 g/mol. The van der Waals surface area contributed by atoms with Crippen LogP contribution in [0.4, 0.5) is 11.4 Å². The molecule has 0 bridgehead atoms. The van der Waals surface area contributed by atoms with Crippen molar-refractivity contribution in [2.75, 3.05) is 22.4 Å². The fraction of sp³-hybridized carbons (Fsp3) is 0.417. The lowest BCUT2D eigenvalue weighted by atomic mass is 10.0. The lowest BCUT2D eigenvalue weighted by Gasteiger charge is -2.43. The number of sulfonamides is 1. The van der Waals surface area contributed by atoms with Gasteiger partial charge in [0.15, 0.2) is 0 Å². The Hall–Kier alpha value is -1.76. The van der Waals surface area contributed by atoms with E-state index < -0.39 is 21.5 Å². The van der Waals surface area contributed by atoms with Crippen LogP contribution >= 0.6 is 0 Å². The molecule has 19 heavy (non-hydrogen) atoms. The van der Waals surface area contributed by atoms with E-state index in [1.807, 2.05) is 13.8 Å². The number of benzene rings is 1. The van der Waals surface area contributed by atoms with Gasteiger partial charge in [0.1, 0.15) is 0 Å². The molecule has 2 N–H and O–H groups in total. The highest BCUT2D eigenvalue weighted by atomic mass is 32.2. The summed E-state index contributed by atoms with van der Waals surface area (Å²) in [5.41, 5.74) is 0.513. The first-order valence-corrected chi connectivity index (χ1v) is 7.59. The molecule has 1 aliphatic rings. The zero-order valence-electron chi connectivity index (χ0n) is 11.0. The van der Waals surface area contributed by atoms with Gasteiger partial charge in [0, 0.05) is 6.54 Å². The van der Waals surface area contributed by atoms with Crippen LogP contribution in [0.15, 0.2) is 18.2 Å². The van der Waals surface area contributed by atoms with E-state index >= 15 is 0 Å². The van der Waals surface area contributed by atoms with Crippen LogP contribution in [0, 0.1) is 0 Å². The van der Waals surface area contributed by atoms with Crippen LogP contribution < -0.4 is 9.62 Å². The first-order valence-electron chi connectivity index (χ1n) is 5.74. The maximum atomic E-state index is 12.0. The normalized spacial score (nSPS) is 17.5. The lowest BCUT2D eigenvalue weighted by molar-refractivity contribution is 0.0697. The molecule has 0 aromatic heterocycles. The third-order valence-electron chi connectivity index (χ3n) is 3.06. The molecular formula is C12H16N2O4S. The number of aromatic carboxylic acids is 1. The minimum atomic E-state index is -3.43. The summed E-state index contributed by atoms with van der Waals surface area (Å²) in [6, 6.07) is 4.38. The second-order valence-electron chi connectivity index (χ2n) is 5.23. The maximum Gasteiger partial charge on any atom is 0.335 e. The highest BCUT2D eigenvalue weighted by Crippen LogP contribution is 2.38. The van der Waals surface area contributed by atoms with Crippen molar-refractivity contribution < 1.29 is 18.3 Å². The van der Waals surface area contributed by atoms with E-state index in [9.17, 15) is 13.2 Å². The number of fused-ring (bicyclic) bond motifs is 1. The van der Waals surface area contributed by atoms with E-state index in [4.69, 9.17) is 5.11 Å². The molecule has 7 heteroatoms. The minimum Gasteiger partial charge on any atom is -0.478 e. The van der Waals surface area contributed by atoms with Crippen LogP contribution in [0.5, 0.6) is 0 Å². The van der Waals surface area contributed by atoms with Gasteiger partial charge in [-0.15, -0.1) is 0 Å². The lowest BCUT2D eigenvalue weighted by Crippen LogP contribution is -2.54. The first kappa shape index (κ1) is 13.7. The highest BCUT2D eigenvalue weighted by Gasteiger charge is 2.38. The summed E-state index contributed by atoms with van der Waals surface area (Å²) in [7, 11) is -3.43. The fourth-order valence-electron chi connectivity index (χ4n) is 2.32. The molecule has 0 aliphatic carbocycles. The smallest absolute Gasteiger partial charge is 0.335 e. The molecule has 0 fully saturated rings. The van der Waals surface area contributed by atoms with Crippen molar-refractivity contribution >= 4 is 27.4 Å². The molecule has 0 unspecified atom stereocenters. The topological polar surface area (TPSA) is 86.7 Å². The zero-order chi connectivity index (χ0) is 14.4. The van der Waals surface area contributed by atoms with Crippen molar-refractivity contribution in [1.82, 2.24) is 0 Å². The Morgan fingerprint density at radius 1 is 1.42 bits per heavy atom. The van der Waals surface area contributed by atoms with Crippen molar-refractivity contribution in [3.63, 3.8) is 0 Å². The average molecular weight is 284 g/mol. The van der Waals surface area contributed by atoms with E-state index in [1.165, 1.54) is 22.5 Å². The Morgan fingerprint density at radius 2 is 2.05 bits per heavy atom. The third-order valence-corrected chi connectivity index (χ3v) is 4.41. The van der Waals surface area contributed by atoms with Gasteiger partial charge in [-0.1, -0.05) is 0 Å². The second-order valence-corrected chi connectivity index (χ2v) is 7.06. The Labute approximate surface area is 112 Å². The van der Waals surface area contributed by atoms with Gasteiger partial charge in [-0.3, -0.25) is 4.31 Å². The minimum absolute atomic E-state index is 0.124. The molecule has 1 aliphatic heterocycles. The quantitative estimate of drug-likeness (QED) is 0.856. The number of rotatable bonds is 2. The van der Waals surface area contributed by atoms with Crippen molar-refractivity contribution in [3.8, 4) is 0 Å². The van der Waals surface area contributed by atoms with Crippen LogP contribution in [-0.2, 0) is 10.0 Å². The van der Waals surface area contributed by atoms with E-state index in [0.29, 0.717) is 17.9 Å². The Kier molecular flexibility index (Phi) is 2.97. The number of hydrogen-bond acceptors (Lipinski definition) is 4. The fourth-order valence-corrected chi connectivity index (χ4v) is 3.80. The average Bonchev–Trinajstić information content (AvgIpc) is 2.25. The van der Waals surface area contributed by atoms with Crippen LogP contribution in [0.3, 0.4) is 0 Å². The number of nitrogens with one attached hydrogen (secondary N) is 1. The molecule has 104 valence electrons. The number of nitrogens with zero attached hydrogens (tertiary/aromatic N) is 1. The number of carboxylic acids is 1. The van der Waals surface area contributed by atoms with Crippen LogP contribution in [0.2, 0.25) is 0 Å². The van der Waals surface area contributed by atoms with E-state index in [2.05, 4.69) is 5.32 Å². The molecule has 0 atom stereocenters. The summed E-state index contributed by atoms with van der Waals surface area (Å²) in [6.07, 6.45) is 1.15. The van der Waals surface area contributed by atoms with Gasteiger partial charge < -0.3 is 10.4 Å². The molecule has 0 spiro atoms. The summed E-state index contributed by atoms with van der Waals surface area (Å²) in [6.45, 7) is 4.04. The largest absolute Gasteiger partial charge is 0.478 e. The second kappa shape index (κ2) is 4.12. The summed E-state index contributed by atoms with van der Waals surface area (Å²) in [4.78, 5) is 10.9. The van der Waals surface area contributed by atoms with Gasteiger partial charge in [-0.25, -0.2) is 13.2 Å². The predicted octanol–water partition coefficient (Wildman–Crippen LogP) is 1.35. The van der Waals surface area contributed by atoms with Gasteiger partial charge in [-0.05, 0) is 32.0 Å². The zero-order valence-corrected chi connectivity index (χ0v) is 11.8. The molecule has 2 rings (SSSR count). The van der Waals surface area contributed by atoms with Crippen molar-refractivity contribution in [3.05, 3.63) is 23.8 Å². The van der Waals surface area contributed by atoms with Gasteiger partial charge in [0.2, 0.25) is 10.0 Å². The van der Waals surface area contributed by atoms with Crippen LogP contribution in [0.1, 0.15) is 24.2 Å². The maximum absolute atomic E-state index is 12.0. The van der Waals surface area contributed by atoms with Crippen molar-refractivity contribution in [2.45, 2.75) is 19.4 Å². The van der Waals surface area contributed by atoms with Gasteiger partial charge in [-0.2, -0.15) is 0 Å². The number of anilines is 2. The number of carboxylic acid groups (broad SMARTS) is 1. The van der Waals surface area contributed by atoms with E-state index in [1.54, 1.807) is 0 Å². The van der Waals surface area contributed by atoms with Crippen molar-refractivity contribution in [2.24, 2.45) is 0 Å². The van der Waals surface area contributed by atoms with E-state index in [0.717, 1.165) is 6.26 Å². The molecule has 1 aromatic rings. The van der Waals surface area contributed by atoms with Gasteiger partial charge in [0.05, 0.1) is 28.7 Å². The molecule has 0 radical (unpaired) electrons. The van der Waals surface area contributed by atoms with Crippen LogP contribution in [0.25, 0.3) is 0 Å². The SMILES string of the molecule is CC1(C)CNc2cc(C(=O)O)ccc2N1S(C)(=O)=O. The Balaban J connectivity index is 2.62. The van der Waals surface area contributed by atoms with Crippen LogP contribution in [-0.4, -0.2) is 37.8 Å². The summed E-state index contributed by atoms with van der Waals surface area (Å²) < 4.78 is 25.3. The number of hydrogen-bond donors (Lipinski definition) is 2. The predicted molar refractivity (Wildman–Crippen MR) is 73.3 cm³/mol. The molecule has 0 amide bonds. The molecule has 1 aromatic carbocycles. The molecule has 0 saturated carbocycles. The Morgan fingerprint density at radius 3 is 2.58 bits per heavy atom. The molecule has 0 saturated heterocycles. The molecule has 6 nitrogen and oxygen atoms in total. The standard InChI is InChI=1S/C12H16N2O4S/c1-12(2)7-13-9-6-8(11(15)16)4-5-10(9)14(12)19(3,17)18/h4-6,13H,7H2,1-3H3,(H,15,16). The monoisotopic (exact) mass is 284 g/mol. The van der Waals surface area contributed by atoms with Crippen molar-refractivity contribution in [1.29, 1.82) is 0 Å². The van der Waals surface area contributed by atoms with E-state index in [-0.39, 0.29) is 5.56 Å². The summed E-state index contributed by atoms with van der Waals surface area (Å²) >= 11 is 0. The third kappa shape index (κ3) is 2.37. The van der Waals surface area contributed by atoms with Gasteiger partial charge >= 0.3 is 5.97 Å². The highest BCUT2D eigenvalue weighted by molar-refractivity contribution is 7.92.